The van der Waals surface area contributed by atoms with E-state index in [0.717, 1.165) is 6.54 Å². The fraction of sp³-hybridized carbons (Fsp3) is 1.00. The first kappa shape index (κ1) is 18.0. The van der Waals surface area contributed by atoms with Crippen molar-refractivity contribution in [2.24, 2.45) is 5.41 Å². The van der Waals surface area contributed by atoms with E-state index in [2.05, 4.69) is 39.9 Å². The zero-order valence-electron chi connectivity index (χ0n) is 13.6. The predicted octanol–water partition coefficient (Wildman–Crippen LogP) is 5.54. The van der Waals surface area contributed by atoms with Gasteiger partial charge in [0.15, 0.2) is 0 Å². The molecule has 0 aromatic carbocycles. The summed E-state index contributed by atoms with van der Waals surface area (Å²) in [6.45, 7) is 12.9. The molecule has 0 saturated heterocycles. The van der Waals surface area contributed by atoms with Crippen LogP contribution in [0.5, 0.6) is 0 Å². The second-order valence-corrected chi connectivity index (χ2v) is 6.74. The Morgan fingerprint density at radius 1 is 0.889 bits per heavy atom. The van der Waals surface area contributed by atoms with Crippen molar-refractivity contribution in [1.29, 1.82) is 0 Å². The van der Waals surface area contributed by atoms with E-state index < -0.39 is 0 Å². The van der Waals surface area contributed by atoms with Crippen molar-refractivity contribution in [3.05, 3.63) is 0 Å². The number of hydrogen-bond acceptors (Lipinski definition) is 1. The first-order valence-electron chi connectivity index (χ1n) is 8.25. The molecule has 0 aromatic rings. The molecule has 0 radical (unpaired) electrons. The molecule has 0 bridgehead atoms. The van der Waals surface area contributed by atoms with Gasteiger partial charge in [-0.2, -0.15) is 0 Å². The van der Waals surface area contributed by atoms with Gasteiger partial charge in [-0.05, 0) is 38.1 Å². The minimum absolute atomic E-state index is 0.505. The van der Waals surface area contributed by atoms with Crippen LogP contribution in [0, 0.1) is 5.41 Å². The first-order chi connectivity index (χ1) is 8.52. The van der Waals surface area contributed by atoms with Gasteiger partial charge < -0.3 is 5.32 Å². The molecule has 0 aliphatic rings. The Kier molecular flexibility index (Phi) is 10.8. The monoisotopic (exact) mass is 255 g/mol. The van der Waals surface area contributed by atoms with Crippen LogP contribution < -0.4 is 5.32 Å². The molecule has 0 aliphatic carbocycles. The van der Waals surface area contributed by atoms with Crippen LogP contribution >= 0.6 is 0 Å². The molecule has 1 nitrogen and oxygen atoms in total. The van der Waals surface area contributed by atoms with Gasteiger partial charge in [-0.25, -0.2) is 0 Å². The van der Waals surface area contributed by atoms with Gasteiger partial charge >= 0.3 is 0 Å². The van der Waals surface area contributed by atoms with E-state index in [0.29, 0.717) is 11.5 Å². The molecule has 1 N–H and O–H groups in total. The molecular formula is C17H37N. The maximum absolute atomic E-state index is 3.61. The predicted molar refractivity (Wildman–Crippen MR) is 84.1 cm³/mol. The van der Waals surface area contributed by atoms with Gasteiger partial charge in [0, 0.05) is 6.04 Å². The lowest BCUT2D eigenvalue weighted by molar-refractivity contribution is 0.259. The topological polar surface area (TPSA) is 12.0 Å². The van der Waals surface area contributed by atoms with Crippen molar-refractivity contribution in [3.63, 3.8) is 0 Å². The van der Waals surface area contributed by atoms with Crippen molar-refractivity contribution < 1.29 is 0 Å². The number of nitrogens with one attached hydrogen (secondary N) is 1. The van der Waals surface area contributed by atoms with Gasteiger partial charge in [-0.15, -0.1) is 0 Å². The summed E-state index contributed by atoms with van der Waals surface area (Å²) in [5.74, 6) is 0. The Bertz CT molecular complexity index is 174. The largest absolute Gasteiger partial charge is 0.314 e. The van der Waals surface area contributed by atoms with Crippen molar-refractivity contribution in [2.75, 3.05) is 6.54 Å². The normalized spacial score (nSPS) is 13.8. The first-order valence-corrected chi connectivity index (χ1v) is 8.25. The average Bonchev–Trinajstić information content (AvgIpc) is 2.30. The van der Waals surface area contributed by atoms with Crippen LogP contribution in [-0.2, 0) is 0 Å². The van der Waals surface area contributed by atoms with Crippen LogP contribution in [-0.4, -0.2) is 12.6 Å². The summed E-state index contributed by atoms with van der Waals surface area (Å²) in [6, 6.07) is 0.667. The minimum atomic E-state index is 0.505. The van der Waals surface area contributed by atoms with E-state index in [-0.39, 0.29) is 0 Å². The van der Waals surface area contributed by atoms with Gasteiger partial charge in [0.1, 0.15) is 0 Å². The van der Waals surface area contributed by atoms with Gasteiger partial charge in [0.25, 0.3) is 0 Å². The van der Waals surface area contributed by atoms with Crippen molar-refractivity contribution >= 4 is 0 Å². The zero-order chi connectivity index (χ0) is 13.9. The fourth-order valence-corrected chi connectivity index (χ4v) is 2.78. The lowest BCUT2D eigenvalue weighted by atomic mass is 9.81. The third-order valence-corrected chi connectivity index (χ3v) is 3.81. The smallest absolute Gasteiger partial charge is 0.00438 e. The Morgan fingerprint density at radius 2 is 1.50 bits per heavy atom. The summed E-state index contributed by atoms with van der Waals surface area (Å²) in [4.78, 5) is 0. The molecule has 0 heterocycles. The van der Waals surface area contributed by atoms with Crippen molar-refractivity contribution in [1.82, 2.24) is 5.32 Å². The average molecular weight is 255 g/mol. The third-order valence-electron chi connectivity index (χ3n) is 3.81. The second-order valence-electron chi connectivity index (χ2n) is 6.74. The molecule has 0 rings (SSSR count). The van der Waals surface area contributed by atoms with Gasteiger partial charge in [0.05, 0.1) is 0 Å². The zero-order valence-corrected chi connectivity index (χ0v) is 13.6. The Hall–Kier alpha value is -0.0400. The molecular weight excluding hydrogens is 218 g/mol. The summed E-state index contributed by atoms with van der Waals surface area (Å²) in [6.07, 6.45) is 12.4. The molecule has 0 fully saturated rings. The standard InChI is InChI=1S/C17H37N/c1-6-8-9-10-11-12-13-17(4,5)15-16(3)18-14-7-2/h16,18H,6-15H2,1-5H3. The van der Waals surface area contributed by atoms with Crippen LogP contribution in [0.15, 0.2) is 0 Å². The third kappa shape index (κ3) is 11.1. The molecule has 18 heavy (non-hydrogen) atoms. The van der Waals surface area contributed by atoms with E-state index in [1.54, 1.807) is 0 Å². The summed E-state index contributed by atoms with van der Waals surface area (Å²) in [7, 11) is 0. The summed E-state index contributed by atoms with van der Waals surface area (Å²) in [5.41, 5.74) is 0.505. The highest BCUT2D eigenvalue weighted by atomic mass is 14.9. The molecule has 1 atom stereocenters. The van der Waals surface area contributed by atoms with Crippen molar-refractivity contribution in [2.45, 2.75) is 98.4 Å². The van der Waals surface area contributed by atoms with Crippen molar-refractivity contribution in [3.8, 4) is 0 Å². The molecule has 1 heteroatoms. The van der Waals surface area contributed by atoms with Crippen LogP contribution in [0.3, 0.4) is 0 Å². The molecule has 1 unspecified atom stereocenters. The highest BCUT2D eigenvalue weighted by Crippen LogP contribution is 2.29. The molecule has 0 spiro atoms. The molecule has 0 amide bonds. The van der Waals surface area contributed by atoms with Crippen LogP contribution in [0.2, 0.25) is 0 Å². The van der Waals surface area contributed by atoms with Crippen LogP contribution in [0.4, 0.5) is 0 Å². The Balaban J connectivity index is 3.59. The second kappa shape index (κ2) is 10.8. The van der Waals surface area contributed by atoms with Crippen LogP contribution in [0.25, 0.3) is 0 Å². The van der Waals surface area contributed by atoms with E-state index in [9.17, 15) is 0 Å². The number of unbranched alkanes of at least 4 members (excludes halogenated alkanes) is 5. The summed E-state index contributed by atoms with van der Waals surface area (Å²) < 4.78 is 0. The Labute approximate surface area is 116 Å². The van der Waals surface area contributed by atoms with Gasteiger partial charge in [0.2, 0.25) is 0 Å². The SMILES string of the molecule is CCCCCCCCC(C)(C)CC(C)NCCC. The highest BCUT2D eigenvalue weighted by molar-refractivity contribution is 4.75. The minimum Gasteiger partial charge on any atom is -0.314 e. The quantitative estimate of drug-likeness (QED) is 0.451. The molecule has 0 saturated carbocycles. The maximum atomic E-state index is 3.61. The summed E-state index contributed by atoms with van der Waals surface area (Å²) >= 11 is 0. The highest BCUT2D eigenvalue weighted by Gasteiger charge is 2.20. The maximum Gasteiger partial charge on any atom is 0.00438 e. The van der Waals surface area contributed by atoms with E-state index in [1.165, 1.54) is 57.8 Å². The lowest BCUT2D eigenvalue weighted by Gasteiger charge is -2.28. The van der Waals surface area contributed by atoms with E-state index in [4.69, 9.17) is 0 Å². The molecule has 0 aromatic heterocycles. The van der Waals surface area contributed by atoms with Gasteiger partial charge in [-0.3, -0.25) is 0 Å². The van der Waals surface area contributed by atoms with E-state index in [1.807, 2.05) is 0 Å². The van der Waals surface area contributed by atoms with Gasteiger partial charge in [-0.1, -0.05) is 66.2 Å². The van der Waals surface area contributed by atoms with Crippen LogP contribution in [0.1, 0.15) is 92.4 Å². The Morgan fingerprint density at radius 3 is 2.11 bits per heavy atom. The molecule has 110 valence electrons. The van der Waals surface area contributed by atoms with E-state index >= 15 is 0 Å². The number of rotatable bonds is 12. The summed E-state index contributed by atoms with van der Waals surface area (Å²) in [5, 5.41) is 3.61. The fourth-order valence-electron chi connectivity index (χ4n) is 2.78. The lowest BCUT2D eigenvalue weighted by Crippen LogP contribution is -2.31. The molecule has 0 aliphatic heterocycles. The number of hydrogen-bond donors (Lipinski definition) is 1.